The van der Waals surface area contributed by atoms with Gasteiger partial charge in [0.05, 0.1) is 0 Å². The molecule has 2 nitrogen and oxygen atoms in total. The molecule has 1 unspecified atom stereocenters. The Morgan fingerprint density at radius 2 is 2.11 bits per heavy atom. The smallest absolute Gasteiger partial charge is 0.122 e. The fraction of sp³-hybridized carbons (Fsp3) is 0.714. The van der Waals surface area contributed by atoms with Crippen LogP contribution >= 0.6 is 0 Å². The van der Waals surface area contributed by atoms with Gasteiger partial charge in [0.15, 0.2) is 0 Å². The minimum absolute atomic E-state index is 0.184. The van der Waals surface area contributed by atoms with E-state index in [1.54, 1.807) is 6.92 Å². The van der Waals surface area contributed by atoms with E-state index in [1.165, 1.54) is 0 Å². The molecule has 0 fully saturated rings. The Balaban J connectivity index is 3.84. The van der Waals surface area contributed by atoms with Crippen LogP contribution in [0.2, 0.25) is 0 Å². The van der Waals surface area contributed by atoms with Crippen molar-refractivity contribution < 1.29 is 10.2 Å². The first-order chi connectivity index (χ1) is 4.12. The second-order valence-corrected chi connectivity index (χ2v) is 2.09. The molecule has 1 atom stereocenters. The molecule has 0 aliphatic carbocycles. The van der Waals surface area contributed by atoms with Crippen molar-refractivity contribution in [3.05, 3.63) is 0 Å². The van der Waals surface area contributed by atoms with Crippen molar-refractivity contribution in [2.45, 2.75) is 25.9 Å². The van der Waals surface area contributed by atoms with Gasteiger partial charge in [-0.05, 0) is 13.3 Å². The maximum absolute atomic E-state index is 9.17. The summed E-state index contributed by atoms with van der Waals surface area (Å²) >= 11 is 0. The SMILES string of the molecule is CCC(C)(O)C#CCO. The number of aliphatic hydroxyl groups excluding tert-OH is 1. The summed E-state index contributed by atoms with van der Waals surface area (Å²) in [5.74, 6) is 4.91. The molecule has 0 bridgehead atoms. The molecular formula is C7H12O2. The summed E-state index contributed by atoms with van der Waals surface area (Å²) < 4.78 is 0. The third kappa shape index (κ3) is 4.01. The lowest BCUT2D eigenvalue weighted by atomic mass is 10.1. The van der Waals surface area contributed by atoms with Gasteiger partial charge in [-0.15, -0.1) is 0 Å². The predicted octanol–water partition coefficient (Wildman–Crippen LogP) is 0.143. The lowest BCUT2D eigenvalue weighted by Crippen LogP contribution is -2.19. The van der Waals surface area contributed by atoms with E-state index in [9.17, 15) is 0 Å². The highest BCUT2D eigenvalue weighted by Crippen LogP contribution is 2.04. The number of hydrogen-bond donors (Lipinski definition) is 2. The third-order valence-corrected chi connectivity index (χ3v) is 1.13. The molecule has 0 saturated carbocycles. The van der Waals surface area contributed by atoms with E-state index in [0.717, 1.165) is 0 Å². The fourth-order valence-electron chi connectivity index (χ4n) is 0.318. The lowest BCUT2D eigenvalue weighted by molar-refractivity contribution is 0.118. The molecule has 0 heterocycles. The zero-order valence-electron chi connectivity index (χ0n) is 5.81. The average Bonchev–Trinajstić information content (AvgIpc) is 1.84. The topological polar surface area (TPSA) is 40.5 Å². The second-order valence-electron chi connectivity index (χ2n) is 2.09. The Kier molecular flexibility index (Phi) is 3.29. The standard InChI is InChI=1S/C7H12O2/c1-3-7(2,9)5-4-6-8/h8-9H,3,6H2,1-2H3. The van der Waals surface area contributed by atoms with E-state index in [0.29, 0.717) is 6.42 Å². The van der Waals surface area contributed by atoms with Gasteiger partial charge in [0, 0.05) is 0 Å². The normalized spacial score (nSPS) is 15.6. The average molecular weight is 128 g/mol. The molecule has 52 valence electrons. The largest absolute Gasteiger partial charge is 0.384 e. The van der Waals surface area contributed by atoms with E-state index in [1.807, 2.05) is 6.92 Å². The van der Waals surface area contributed by atoms with Crippen molar-refractivity contribution in [1.82, 2.24) is 0 Å². The Morgan fingerprint density at radius 1 is 1.56 bits per heavy atom. The molecule has 0 radical (unpaired) electrons. The maximum Gasteiger partial charge on any atom is 0.122 e. The summed E-state index contributed by atoms with van der Waals surface area (Å²) in [6.07, 6.45) is 0.583. The number of rotatable bonds is 1. The molecule has 0 amide bonds. The van der Waals surface area contributed by atoms with Gasteiger partial charge in [0.2, 0.25) is 0 Å². The van der Waals surface area contributed by atoms with Gasteiger partial charge >= 0.3 is 0 Å². The second kappa shape index (κ2) is 3.49. The summed E-state index contributed by atoms with van der Waals surface area (Å²) in [6.45, 7) is 3.28. The van der Waals surface area contributed by atoms with Crippen LogP contribution in [0.5, 0.6) is 0 Å². The van der Waals surface area contributed by atoms with Gasteiger partial charge in [-0.2, -0.15) is 0 Å². The van der Waals surface area contributed by atoms with Crippen LogP contribution in [0.4, 0.5) is 0 Å². The van der Waals surface area contributed by atoms with Crippen molar-refractivity contribution in [3.8, 4) is 11.8 Å². The molecular weight excluding hydrogens is 116 g/mol. The van der Waals surface area contributed by atoms with Crippen LogP contribution in [0.3, 0.4) is 0 Å². The highest BCUT2D eigenvalue weighted by Gasteiger charge is 2.11. The van der Waals surface area contributed by atoms with Crippen LogP contribution in [-0.2, 0) is 0 Å². The van der Waals surface area contributed by atoms with Crippen molar-refractivity contribution in [3.63, 3.8) is 0 Å². The molecule has 0 aliphatic heterocycles. The van der Waals surface area contributed by atoms with Crippen LogP contribution in [0.15, 0.2) is 0 Å². The molecule has 9 heavy (non-hydrogen) atoms. The maximum atomic E-state index is 9.17. The van der Waals surface area contributed by atoms with Crippen LogP contribution in [0, 0.1) is 11.8 Å². The molecule has 2 N–H and O–H groups in total. The molecule has 0 spiro atoms. The third-order valence-electron chi connectivity index (χ3n) is 1.13. The van der Waals surface area contributed by atoms with Crippen LogP contribution in [-0.4, -0.2) is 22.4 Å². The van der Waals surface area contributed by atoms with E-state index in [4.69, 9.17) is 10.2 Å². The van der Waals surface area contributed by atoms with Gasteiger partial charge in [-0.25, -0.2) is 0 Å². The van der Waals surface area contributed by atoms with Crippen LogP contribution in [0.1, 0.15) is 20.3 Å². The summed E-state index contributed by atoms with van der Waals surface area (Å²) in [5.41, 5.74) is -0.928. The van der Waals surface area contributed by atoms with Crippen molar-refractivity contribution in [2.24, 2.45) is 0 Å². The minimum atomic E-state index is -0.928. The number of hydrogen-bond acceptors (Lipinski definition) is 2. The zero-order valence-corrected chi connectivity index (χ0v) is 5.81. The molecule has 0 saturated heterocycles. The Labute approximate surface area is 55.5 Å². The molecule has 0 aromatic carbocycles. The fourth-order valence-corrected chi connectivity index (χ4v) is 0.318. The van der Waals surface area contributed by atoms with Crippen LogP contribution in [0.25, 0.3) is 0 Å². The quantitative estimate of drug-likeness (QED) is 0.493. The molecule has 2 heteroatoms. The van der Waals surface area contributed by atoms with E-state index < -0.39 is 5.60 Å². The van der Waals surface area contributed by atoms with E-state index >= 15 is 0 Å². The Morgan fingerprint density at radius 3 is 2.44 bits per heavy atom. The monoisotopic (exact) mass is 128 g/mol. The zero-order chi connectivity index (χ0) is 7.33. The van der Waals surface area contributed by atoms with Gasteiger partial charge < -0.3 is 10.2 Å². The molecule has 0 aromatic heterocycles. The van der Waals surface area contributed by atoms with Crippen molar-refractivity contribution >= 4 is 0 Å². The molecule has 0 aromatic rings. The molecule has 0 rings (SSSR count). The number of aliphatic hydroxyl groups is 2. The van der Waals surface area contributed by atoms with Gasteiger partial charge in [-0.3, -0.25) is 0 Å². The van der Waals surface area contributed by atoms with Gasteiger partial charge in [-0.1, -0.05) is 18.8 Å². The predicted molar refractivity (Wildman–Crippen MR) is 35.8 cm³/mol. The highest BCUT2D eigenvalue weighted by atomic mass is 16.3. The van der Waals surface area contributed by atoms with Gasteiger partial charge in [0.1, 0.15) is 12.2 Å². The van der Waals surface area contributed by atoms with E-state index in [-0.39, 0.29) is 6.61 Å². The highest BCUT2D eigenvalue weighted by molar-refractivity contribution is 5.11. The summed E-state index contributed by atoms with van der Waals surface area (Å²) in [6, 6.07) is 0. The summed E-state index contributed by atoms with van der Waals surface area (Å²) in [4.78, 5) is 0. The first-order valence-electron chi connectivity index (χ1n) is 2.95. The van der Waals surface area contributed by atoms with E-state index in [2.05, 4.69) is 11.8 Å². The van der Waals surface area contributed by atoms with Crippen molar-refractivity contribution in [1.29, 1.82) is 0 Å². The van der Waals surface area contributed by atoms with Crippen molar-refractivity contribution in [2.75, 3.05) is 6.61 Å². The Bertz CT molecular complexity index is 128. The molecule has 0 aliphatic rings. The first-order valence-corrected chi connectivity index (χ1v) is 2.95. The Hall–Kier alpha value is -0.520. The first kappa shape index (κ1) is 8.48. The van der Waals surface area contributed by atoms with Crippen LogP contribution < -0.4 is 0 Å². The minimum Gasteiger partial charge on any atom is -0.384 e. The lowest BCUT2D eigenvalue weighted by Gasteiger charge is -2.11. The summed E-state index contributed by atoms with van der Waals surface area (Å²) in [7, 11) is 0. The summed E-state index contributed by atoms with van der Waals surface area (Å²) in [5, 5.41) is 17.4. The van der Waals surface area contributed by atoms with Gasteiger partial charge in [0.25, 0.3) is 0 Å².